The van der Waals surface area contributed by atoms with Crippen molar-refractivity contribution in [3.05, 3.63) is 53.1 Å². The molecule has 0 fully saturated rings. The molecule has 222 valence electrons. The molecule has 1 aliphatic heterocycles. The average Bonchev–Trinajstić information content (AvgIpc) is 2.96. The Morgan fingerprint density at radius 1 is 1.07 bits per heavy atom. The number of ketones is 1. The van der Waals surface area contributed by atoms with Gasteiger partial charge in [-0.05, 0) is 47.7 Å². The van der Waals surface area contributed by atoms with E-state index in [1.165, 1.54) is 12.0 Å². The van der Waals surface area contributed by atoms with Gasteiger partial charge in [-0.2, -0.15) is 0 Å². The zero-order valence-electron chi connectivity index (χ0n) is 25.0. The van der Waals surface area contributed by atoms with Crippen LogP contribution in [0.15, 0.2) is 36.4 Å². The summed E-state index contributed by atoms with van der Waals surface area (Å²) in [6, 6.07) is 8.58. The number of fused-ring (bicyclic) bond motifs is 5. The zero-order chi connectivity index (χ0) is 30.3. The van der Waals surface area contributed by atoms with Gasteiger partial charge in [-0.25, -0.2) is 4.79 Å². The van der Waals surface area contributed by atoms with Gasteiger partial charge in [0.2, 0.25) is 11.8 Å². The van der Waals surface area contributed by atoms with Crippen molar-refractivity contribution in [3.8, 4) is 16.9 Å². The second kappa shape index (κ2) is 14.3. The van der Waals surface area contributed by atoms with E-state index < -0.39 is 35.9 Å². The molecule has 0 spiro atoms. The van der Waals surface area contributed by atoms with E-state index in [9.17, 15) is 19.2 Å². The smallest absolute Gasteiger partial charge is 0.328 e. The van der Waals surface area contributed by atoms with Crippen LogP contribution in [-0.4, -0.2) is 61.8 Å². The van der Waals surface area contributed by atoms with Crippen LogP contribution in [0.2, 0.25) is 0 Å². The van der Waals surface area contributed by atoms with Gasteiger partial charge in [0.1, 0.15) is 17.8 Å². The molecule has 1 heterocycles. The van der Waals surface area contributed by atoms with Gasteiger partial charge in [-0.15, -0.1) is 0 Å². The van der Waals surface area contributed by atoms with E-state index in [4.69, 9.17) is 15.2 Å². The van der Waals surface area contributed by atoms with Gasteiger partial charge < -0.3 is 25.4 Å². The number of nitrogens with two attached hydrogens (primary N) is 1. The normalized spacial score (nSPS) is 19.9. The minimum atomic E-state index is -0.970. The molecule has 0 saturated carbocycles. The van der Waals surface area contributed by atoms with E-state index in [2.05, 4.69) is 12.2 Å². The molecule has 2 aromatic carbocycles. The second-order valence-electron chi connectivity index (χ2n) is 10.9. The fraction of sp³-hybridized carbons (Fsp3) is 0.500. The van der Waals surface area contributed by atoms with Crippen molar-refractivity contribution in [1.29, 1.82) is 0 Å². The van der Waals surface area contributed by atoms with Crippen LogP contribution in [0.25, 0.3) is 11.1 Å². The molecule has 0 aromatic heterocycles. The maximum atomic E-state index is 13.9. The quantitative estimate of drug-likeness (QED) is 0.367. The van der Waals surface area contributed by atoms with Crippen molar-refractivity contribution < 1.29 is 28.7 Å². The van der Waals surface area contributed by atoms with Gasteiger partial charge in [-0.3, -0.25) is 14.4 Å². The second-order valence-corrected chi connectivity index (χ2v) is 10.9. The number of unbranched alkanes of at least 4 members (excludes halogenated alkanes) is 2. The molecule has 2 amide bonds. The lowest BCUT2D eigenvalue weighted by atomic mass is 9.88. The molecule has 0 radical (unpaired) electrons. The summed E-state index contributed by atoms with van der Waals surface area (Å²) < 4.78 is 10.7. The number of carbonyl (C=O) groups is 4. The van der Waals surface area contributed by atoms with E-state index in [1.807, 2.05) is 31.2 Å². The number of methoxy groups -OCH3 is 2. The Bertz CT molecular complexity index is 1280. The predicted molar refractivity (Wildman–Crippen MR) is 157 cm³/mol. The Labute approximate surface area is 242 Å². The third-order valence-corrected chi connectivity index (χ3v) is 7.80. The highest BCUT2D eigenvalue weighted by molar-refractivity contribution is 5.95. The summed E-state index contributed by atoms with van der Waals surface area (Å²) in [4.78, 5) is 54.6. The Kier molecular flexibility index (Phi) is 11.1. The summed E-state index contributed by atoms with van der Waals surface area (Å²) >= 11 is 0. The first kappa shape index (κ1) is 31.8. The number of aryl methyl sites for hydroxylation is 1. The number of carbonyl (C=O) groups excluding carboxylic acids is 4. The minimum Gasteiger partial charge on any atom is -0.496 e. The molecule has 0 aliphatic carbocycles. The van der Waals surface area contributed by atoms with Crippen LogP contribution in [0.3, 0.4) is 0 Å². The molecule has 2 aromatic rings. The summed E-state index contributed by atoms with van der Waals surface area (Å²) in [6.07, 6.45) is 3.38. The molecule has 9 nitrogen and oxygen atoms in total. The summed E-state index contributed by atoms with van der Waals surface area (Å²) in [5, 5.41) is 2.77. The molecule has 4 bridgehead atoms. The third-order valence-electron chi connectivity index (χ3n) is 7.80. The number of benzene rings is 2. The van der Waals surface area contributed by atoms with E-state index in [0.717, 1.165) is 41.5 Å². The standard InChI is InChI=1S/C32H43N3O6/c1-7-8-9-10-25(33)31(38)35(4)29-22-13-14-28(40-5)24(18-22)23-16-21(12-11-19(23)2)17-26(32(39)41-6)34-30(37)20(3)15-27(29)36/h11-14,16,18,20,25-26,29H,7-10,15,17,33H2,1-6H3,(H,34,37)/t20-,25+,26+,29+/m1/s1. The molecule has 4 atom stereocenters. The van der Waals surface area contributed by atoms with Crippen LogP contribution >= 0.6 is 0 Å². The highest BCUT2D eigenvalue weighted by atomic mass is 16.5. The number of hydrogen-bond donors (Lipinski definition) is 2. The van der Waals surface area contributed by atoms with E-state index in [-0.39, 0.29) is 24.5 Å². The Morgan fingerprint density at radius 3 is 2.46 bits per heavy atom. The lowest BCUT2D eigenvalue weighted by Crippen LogP contribution is -2.47. The SMILES string of the molecule is CCCCC[C@H](N)C(=O)N(C)[C@@H]1C(=O)C[C@@H](C)C(=O)N[C@H](C(=O)OC)Cc2ccc(C)c(c2)-c2cc1ccc2OC. The first-order valence-electron chi connectivity index (χ1n) is 14.2. The Balaban J connectivity index is 2.18. The summed E-state index contributed by atoms with van der Waals surface area (Å²) in [6.45, 7) is 5.67. The molecule has 0 saturated heterocycles. The first-order chi connectivity index (χ1) is 19.5. The molecule has 9 heteroatoms. The van der Waals surface area contributed by atoms with Gasteiger partial charge in [0, 0.05) is 31.4 Å². The lowest BCUT2D eigenvalue weighted by Gasteiger charge is -2.31. The lowest BCUT2D eigenvalue weighted by molar-refractivity contribution is -0.145. The Morgan fingerprint density at radius 2 is 1.80 bits per heavy atom. The largest absolute Gasteiger partial charge is 0.496 e. The third kappa shape index (κ3) is 7.52. The van der Waals surface area contributed by atoms with Gasteiger partial charge >= 0.3 is 5.97 Å². The molecule has 3 rings (SSSR count). The fourth-order valence-corrected chi connectivity index (χ4v) is 5.34. The number of hydrogen-bond acceptors (Lipinski definition) is 7. The summed E-state index contributed by atoms with van der Waals surface area (Å²) in [5.74, 6) is -1.82. The van der Waals surface area contributed by atoms with E-state index in [0.29, 0.717) is 17.7 Å². The van der Waals surface area contributed by atoms with Crippen LogP contribution in [0.1, 0.15) is 68.7 Å². The summed E-state index contributed by atoms with van der Waals surface area (Å²) in [7, 11) is 4.43. The van der Waals surface area contributed by atoms with Gasteiger partial charge in [-0.1, -0.05) is 57.4 Å². The number of nitrogens with one attached hydrogen (secondary N) is 1. The highest BCUT2D eigenvalue weighted by Crippen LogP contribution is 2.37. The van der Waals surface area contributed by atoms with Gasteiger partial charge in [0.15, 0.2) is 5.78 Å². The van der Waals surface area contributed by atoms with Gasteiger partial charge in [0.05, 0.1) is 20.3 Å². The number of nitrogens with zero attached hydrogens (tertiary/aromatic N) is 1. The number of amides is 2. The predicted octanol–water partition coefficient (Wildman–Crippen LogP) is 3.89. The molecule has 1 aliphatic rings. The van der Waals surface area contributed by atoms with Crippen molar-refractivity contribution in [2.75, 3.05) is 21.3 Å². The van der Waals surface area contributed by atoms with Crippen LogP contribution in [0.4, 0.5) is 0 Å². The van der Waals surface area contributed by atoms with Crippen LogP contribution in [-0.2, 0) is 30.3 Å². The van der Waals surface area contributed by atoms with Crippen molar-refractivity contribution in [2.24, 2.45) is 11.7 Å². The maximum Gasteiger partial charge on any atom is 0.328 e. The fourth-order valence-electron chi connectivity index (χ4n) is 5.34. The molecular formula is C32H43N3O6. The van der Waals surface area contributed by atoms with Crippen LogP contribution in [0, 0.1) is 12.8 Å². The first-order valence-corrected chi connectivity index (χ1v) is 14.2. The maximum absolute atomic E-state index is 13.9. The number of Topliss-reactive ketones (excluding diaryl/α,β-unsaturated/α-hetero) is 1. The monoisotopic (exact) mass is 565 g/mol. The number of esters is 1. The van der Waals surface area contributed by atoms with Crippen molar-refractivity contribution >= 4 is 23.6 Å². The molecular weight excluding hydrogens is 522 g/mol. The van der Waals surface area contributed by atoms with E-state index in [1.54, 1.807) is 33.2 Å². The molecule has 41 heavy (non-hydrogen) atoms. The minimum absolute atomic E-state index is 0.140. The van der Waals surface area contributed by atoms with Crippen LogP contribution < -0.4 is 15.8 Å². The molecule has 0 unspecified atom stereocenters. The highest BCUT2D eigenvalue weighted by Gasteiger charge is 2.34. The topological polar surface area (TPSA) is 128 Å². The molecule has 3 N–H and O–H groups in total. The van der Waals surface area contributed by atoms with Gasteiger partial charge in [0.25, 0.3) is 0 Å². The number of rotatable bonds is 8. The van der Waals surface area contributed by atoms with Crippen molar-refractivity contribution in [3.63, 3.8) is 0 Å². The van der Waals surface area contributed by atoms with E-state index >= 15 is 0 Å². The number of likely N-dealkylation sites (N-methyl/N-ethyl adjacent to an activating group) is 1. The van der Waals surface area contributed by atoms with Crippen LogP contribution in [0.5, 0.6) is 5.75 Å². The average molecular weight is 566 g/mol. The summed E-state index contributed by atoms with van der Waals surface area (Å²) in [5.41, 5.74) is 10.2. The van der Waals surface area contributed by atoms with Crippen molar-refractivity contribution in [1.82, 2.24) is 10.2 Å². The Hall–Kier alpha value is -3.72. The zero-order valence-corrected chi connectivity index (χ0v) is 25.0. The number of ether oxygens (including phenoxy) is 2. The van der Waals surface area contributed by atoms with Crippen molar-refractivity contribution in [2.45, 2.75) is 77.4 Å².